The van der Waals surface area contributed by atoms with Gasteiger partial charge >= 0.3 is 6.18 Å². The van der Waals surface area contributed by atoms with Gasteiger partial charge in [0.15, 0.2) is 9.84 Å². The summed E-state index contributed by atoms with van der Waals surface area (Å²) < 4.78 is 63.3. The quantitative estimate of drug-likeness (QED) is 0.442. The van der Waals surface area contributed by atoms with Crippen LogP contribution in [0.25, 0.3) is 11.1 Å². The minimum atomic E-state index is -4.76. The first-order chi connectivity index (χ1) is 15.8. The average molecular weight is 508 g/mol. The van der Waals surface area contributed by atoms with E-state index in [2.05, 4.69) is 10.3 Å². The number of para-hydroxylation sites is 2. The van der Waals surface area contributed by atoms with Crippen LogP contribution in [-0.2, 0) is 14.6 Å². The highest BCUT2D eigenvalue weighted by molar-refractivity contribution is 7.90. The molecule has 3 rings (SSSR count). The van der Waals surface area contributed by atoms with Crippen molar-refractivity contribution in [1.29, 1.82) is 0 Å². The van der Waals surface area contributed by atoms with E-state index < -0.39 is 21.7 Å². The number of amides is 1. The molecule has 0 spiro atoms. The van der Waals surface area contributed by atoms with Crippen LogP contribution < -0.4 is 11.1 Å². The van der Waals surface area contributed by atoms with Crippen molar-refractivity contribution in [3.05, 3.63) is 76.6 Å². The molecule has 2 aromatic carbocycles. The van der Waals surface area contributed by atoms with Crippen molar-refractivity contribution in [2.24, 2.45) is 10.7 Å². The maximum atomic E-state index is 13.2. The van der Waals surface area contributed by atoms with E-state index >= 15 is 0 Å². The number of aliphatic imine (C=N–C) groups is 1. The first-order valence-electron chi connectivity index (χ1n) is 9.73. The molecular formula is C23H20F3N3O3S2. The number of nitrogens with two attached hydrogens (primary N) is 1. The summed E-state index contributed by atoms with van der Waals surface area (Å²) in [5.41, 5.74) is 5.62. The van der Waals surface area contributed by atoms with E-state index in [0.29, 0.717) is 21.7 Å². The Hall–Kier alpha value is -3.44. The van der Waals surface area contributed by atoms with Crippen LogP contribution in [0.3, 0.4) is 0 Å². The van der Waals surface area contributed by atoms with Crippen LogP contribution in [0, 0.1) is 0 Å². The molecule has 178 valence electrons. The number of benzene rings is 2. The zero-order valence-corrected chi connectivity index (χ0v) is 19.7. The van der Waals surface area contributed by atoms with Gasteiger partial charge in [0.25, 0.3) is 0 Å². The zero-order chi connectivity index (χ0) is 25.1. The fraction of sp³-hybridized carbons (Fsp3) is 0.130. The lowest BCUT2D eigenvalue weighted by atomic mass is 10.1. The van der Waals surface area contributed by atoms with Crippen molar-refractivity contribution in [2.75, 3.05) is 11.6 Å². The molecule has 3 N–H and O–H groups in total. The molecule has 3 aromatic rings. The number of carbonyl (C=O) groups excluding carboxylic acids is 1. The van der Waals surface area contributed by atoms with Crippen molar-refractivity contribution in [2.45, 2.75) is 18.0 Å². The van der Waals surface area contributed by atoms with E-state index in [9.17, 15) is 26.4 Å². The van der Waals surface area contributed by atoms with Crippen molar-refractivity contribution in [1.82, 2.24) is 0 Å². The van der Waals surface area contributed by atoms with Gasteiger partial charge in [-0.05, 0) is 52.9 Å². The molecule has 0 radical (unpaired) electrons. The third-order valence-corrected chi connectivity index (χ3v) is 6.59. The zero-order valence-electron chi connectivity index (χ0n) is 18.1. The van der Waals surface area contributed by atoms with E-state index in [1.807, 2.05) is 0 Å². The second-order valence-electron chi connectivity index (χ2n) is 7.29. The lowest BCUT2D eigenvalue weighted by molar-refractivity contribution is -0.114. The summed E-state index contributed by atoms with van der Waals surface area (Å²) in [6.45, 7) is 1.30. The van der Waals surface area contributed by atoms with E-state index in [0.717, 1.165) is 23.7 Å². The number of hydrogen-bond acceptors (Lipinski definition) is 6. The molecule has 0 aliphatic heterocycles. The summed E-state index contributed by atoms with van der Waals surface area (Å²) in [7, 11) is -3.44. The predicted octanol–water partition coefficient (Wildman–Crippen LogP) is 5.30. The summed E-state index contributed by atoms with van der Waals surface area (Å²) in [6.07, 6.45) is -2.94. The van der Waals surface area contributed by atoms with Crippen molar-refractivity contribution < 1.29 is 26.4 Å². The summed E-state index contributed by atoms with van der Waals surface area (Å²) >= 11 is 1.12. The molecule has 0 atom stereocenters. The molecule has 0 bridgehead atoms. The average Bonchev–Trinajstić information content (AvgIpc) is 3.23. The van der Waals surface area contributed by atoms with Crippen LogP contribution in [0.2, 0.25) is 0 Å². The van der Waals surface area contributed by atoms with Crippen LogP contribution in [-0.4, -0.2) is 32.5 Å². The number of nitrogens with zero attached hydrogens (tertiary/aromatic N) is 1. The molecule has 0 aliphatic carbocycles. The maximum absolute atomic E-state index is 13.2. The number of thiophene rings is 1. The third kappa shape index (κ3) is 6.33. The molecule has 0 aliphatic rings. The first kappa shape index (κ1) is 25.2. The monoisotopic (exact) mass is 507 g/mol. The van der Waals surface area contributed by atoms with E-state index in [-0.39, 0.29) is 22.2 Å². The molecule has 34 heavy (non-hydrogen) atoms. The van der Waals surface area contributed by atoms with Gasteiger partial charge in [0, 0.05) is 13.2 Å². The Bertz CT molecular complexity index is 1390. The normalized spacial score (nSPS) is 13.1. The van der Waals surface area contributed by atoms with Crippen molar-refractivity contribution in [3.8, 4) is 11.1 Å². The molecule has 1 amide bonds. The summed E-state index contributed by atoms with van der Waals surface area (Å²) in [4.78, 5) is 16.4. The van der Waals surface area contributed by atoms with Gasteiger partial charge in [-0.2, -0.15) is 13.2 Å². The lowest BCUT2D eigenvalue weighted by Crippen LogP contribution is -2.20. The van der Waals surface area contributed by atoms with Gasteiger partial charge in [-0.3, -0.25) is 4.79 Å². The largest absolute Gasteiger partial charge is 0.430 e. The Morgan fingerprint density at radius 3 is 2.44 bits per heavy atom. The number of carbonyl (C=O) groups is 1. The fourth-order valence-corrected chi connectivity index (χ4v) is 4.46. The van der Waals surface area contributed by atoms with Gasteiger partial charge in [-0.15, -0.1) is 11.3 Å². The molecular weight excluding hydrogens is 487 g/mol. The lowest BCUT2D eigenvalue weighted by Gasteiger charge is -2.09. The van der Waals surface area contributed by atoms with Gasteiger partial charge < -0.3 is 11.1 Å². The number of sulfone groups is 1. The Morgan fingerprint density at radius 1 is 1.09 bits per heavy atom. The Labute approximate surface area is 198 Å². The number of rotatable bonds is 6. The Balaban J connectivity index is 2.13. The van der Waals surface area contributed by atoms with Gasteiger partial charge in [-0.1, -0.05) is 24.3 Å². The highest BCUT2D eigenvalue weighted by Crippen LogP contribution is 2.32. The fourth-order valence-electron chi connectivity index (χ4n) is 2.91. The highest BCUT2D eigenvalue weighted by atomic mass is 32.2. The van der Waals surface area contributed by atoms with E-state index in [4.69, 9.17) is 5.73 Å². The van der Waals surface area contributed by atoms with Crippen LogP contribution in [0.1, 0.15) is 11.8 Å². The summed E-state index contributed by atoms with van der Waals surface area (Å²) in [6, 6.07) is 14.3. The number of halogens is 3. The second-order valence-corrected chi connectivity index (χ2v) is 10.2. The summed E-state index contributed by atoms with van der Waals surface area (Å²) in [5.74, 6) is -0.362. The molecule has 0 saturated heterocycles. The van der Waals surface area contributed by atoms with Gasteiger partial charge in [0.05, 0.1) is 26.9 Å². The van der Waals surface area contributed by atoms with Crippen LogP contribution in [0.5, 0.6) is 0 Å². The number of alkyl halides is 3. The molecule has 0 fully saturated rings. The van der Waals surface area contributed by atoms with Crippen LogP contribution >= 0.6 is 11.3 Å². The minimum Gasteiger partial charge on any atom is -0.395 e. The van der Waals surface area contributed by atoms with Crippen LogP contribution in [0.4, 0.5) is 24.5 Å². The van der Waals surface area contributed by atoms with Gasteiger partial charge in [0.1, 0.15) is 5.70 Å². The Kier molecular flexibility index (Phi) is 7.27. The predicted molar refractivity (Wildman–Crippen MR) is 128 cm³/mol. The number of allylic oxidation sites excluding steroid dienone is 2. The molecule has 11 heteroatoms. The molecule has 0 unspecified atom stereocenters. The van der Waals surface area contributed by atoms with E-state index in [1.54, 1.807) is 47.8 Å². The number of anilines is 1. The number of hydrogen-bond donors (Lipinski definition) is 2. The molecule has 1 aromatic heterocycles. The minimum absolute atomic E-state index is 0.0665. The SMILES string of the molecule is CC(=O)Nc1ccccc1N=C(/C=C(\N)C(F)(F)F)c1cc(-c2cccc(S(C)(=O)=O)c2)cs1. The first-order valence-corrected chi connectivity index (χ1v) is 12.5. The standard InChI is InChI=1S/C23H20F3N3O3S2/c1-14(30)28-18-8-3-4-9-19(18)29-20(12-22(27)23(24,25)26)21-11-16(13-33-21)15-6-5-7-17(10-15)34(2,31)32/h3-13H,27H2,1-2H3,(H,28,30)/b22-12-,29-20?. The van der Waals surface area contributed by atoms with E-state index in [1.165, 1.54) is 19.1 Å². The molecule has 6 nitrogen and oxygen atoms in total. The highest BCUT2D eigenvalue weighted by Gasteiger charge is 2.32. The Morgan fingerprint density at radius 2 is 1.79 bits per heavy atom. The van der Waals surface area contributed by atoms with Gasteiger partial charge in [-0.25, -0.2) is 13.4 Å². The molecule has 0 saturated carbocycles. The van der Waals surface area contributed by atoms with Crippen molar-refractivity contribution >= 4 is 44.2 Å². The number of nitrogens with one attached hydrogen (secondary N) is 1. The third-order valence-electron chi connectivity index (χ3n) is 4.52. The topological polar surface area (TPSA) is 102 Å². The second kappa shape index (κ2) is 9.82. The smallest absolute Gasteiger partial charge is 0.395 e. The molecule has 1 heterocycles. The van der Waals surface area contributed by atoms with Crippen LogP contribution in [0.15, 0.2) is 81.6 Å². The summed E-state index contributed by atoms with van der Waals surface area (Å²) in [5, 5.41) is 4.28. The van der Waals surface area contributed by atoms with Gasteiger partial charge in [0.2, 0.25) is 5.91 Å². The van der Waals surface area contributed by atoms with Crippen molar-refractivity contribution in [3.63, 3.8) is 0 Å². The maximum Gasteiger partial charge on any atom is 0.430 e.